The van der Waals surface area contributed by atoms with Gasteiger partial charge in [0.2, 0.25) is 0 Å². The molecule has 1 aliphatic heterocycles. The van der Waals surface area contributed by atoms with Crippen LogP contribution in [0, 0.1) is 6.92 Å². The zero-order chi connectivity index (χ0) is 14.9. The molecule has 110 valence electrons. The molecule has 1 aliphatic rings. The summed E-state index contributed by atoms with van der Waals surface area (Å²) in [5, 5.41) is 3.28. The summed E-state index contributed by atoms with van der Waals surface area (Å²) in [5.74, 6) is 0. The van der Waals surface area contributed by atoms with Gasteiger partial charge in [-0.2, -0.15) is 0 Å². The first kappa shape index (κ1) is 13.9. The first-order chi connectivity index (χ1) is 10.1. The molecule has 0 atom stereocenters. The molecule has 2 aromatic rings. The number of aryl methyl sites for hydroxylation is 2. The van der Waals surface area contributed by atoms with Crippen molar-refractivity contribution < 1.29 is 8.42 Å². The van der Waals surface area contributed by atoms with Crippen molar-refractivity contribution in [2.24, 2.45) is 0 Å². The zero-order valence-corrected chi connectivity index (χ0v) is 12.7. The Morgan fingerprint density at radius 3 is 2.76 bits per heavy atom. The quantitative estimate of drug-likeness (QED) is 0.915. The van der Waals surface area contributed by atoms with Crippen LogP contribution < -0.4 is 10.0 Å². The number of para-hydroxylation sites is 1. The van der Waals surface area contributed by atoms with Gasteiger partial charge in [0.25, 0.3) is 10.0 Å². The topological polar surface area (TPSA) is 58.2 Å². The minimum Gasteiger partial charge on any atom is -0.385 e. The summed E-state index contributed by atoms with van der Waals surface area (Å²) >= 11 is 0. The van der Waals surface area contributed by atoms with Crippen LogP contribution in [0.5, 0.6) is 0 Å². The molecular formula is C16H18N2O2S. The highest BCUT2D eigenvalue weighted by molar-refractivity contribution is 7.92. The maximum absolute atomic E-state index is 12.5. The monoisotopic (exact) mass is 302 g/mol. The van der Waals surface area contributed by atoms with Crippen LogP contribution in [0.4, 0.5) is 11.4 Å². The average Bonchev–Trinajstić information content (AvgIpc) is 2.49. The van der Waals surface area contributed by atoms with Crippen LogP contribution >= 0.6 is 0 Å². The van der Waals surface area contributed by atoms with Crippen LogP contribution in [-0.4, -0.2) is 15.0 Å². The third-order valence-corrected chi connectivity index (χ3v) is 5.08. The fourth-order valence-corrected chi connectivity index (χ4v) is 3.69. The summed E-state index contributed by atoms with van der Waals surface area (Å²) in [6.07, 6.45) is 1.94. The Hall–Kier alpha value is -2.01. The highest BCUT2D eigenvalue weighted by Gasteiger charge is 2.18. The fourth-order valence-electron chi connectivity index (χ4n) is 2.51. The molecule has 0 radical (unpaired) electrons. The van der Waals surface area contributed by atoms with Gasteiger partial charge in [-0.15, -0.1) is 0 Å². The highest BCUT2D eigenvalue weighted by Crippen LogP contribution is 2.26. The van der Waals surface area contributed by atoms with Gasteiger partial charge in [0.1, 0.15) is 0 Å². The van der Waals surface area contributed by atoms with E-state index in [1.54, 1.807) is 18.2 Å². The smallest absolute Gasteiger partial charge is 0.261 e. The number of anilines is 2. The van der Waals surface area contributed by atoms with Gasteiger partial charge >= 0.3 is 0 Å². The van der Waals surface area contributed by atoms with Crippen molar-refractivity contribution in [3.63, 3.8) is 0 Å². The molecule has 0 spiro atoms. The summed E-state index contributed by atoms with van der Waals surface area (Å²) in [4.78, 5) is 0.313. The van der Waals surface area contributed by atoms with E-state index in [1.807, 2.05) is 31.2 Å². The van der Waals surface area contributed by atoms with Crippen molar-refractivity contribution in [3.8, 4) is 0 Å². The Kier molecular flexibility index (Phi) is 3.59. The number of benzene rings is 2. The van der Waals surface area contributed by atoms with Crippen molar-refractivity contribution in [1.29, 1.82) is 0 Å². The molecule has 3 rings (SSSR count). The molecule has 0 unspecified atom stereocenters. The van der Waals surface area contributed by atoms with E-state index in [2.05, 4.69) is 10.0 Å². The summed E-state index contributed by atoms with van der Waals surface area (Å²) in [5.41, 5.74) is 3.62. The number of hydrogen-bond acceptors (Lipinski definition) is 3. The lowest BCUT2D eigenvalue weighted by Crippen LogP contribution is -2.16. The van der Waals surface area contributed by atoms with Crippen LogP contribution in [0.2, 0.25) is 0 Å². The normalized spacial score (nSPS) is 14.1. The van der Waals surface area contributed by atoms with Gasteiger partial charge in [0, 0.05) is 12.2 Å². The molecule has 1 heterocycles. The van der Waals surface area contributed by atoms with Crippen LogP contribution in [0.25, 0.3) is 0 Å². The molecule has 2 N–H and O–H groups in total. The Bertz CT molecular complexity index is 770. The summed E-state index contributed by atoms with van der Waals surface area (Å²) < 4.78 is 27.7. The lowest BCUT2D eigenvalue weighted by atomic mass is 10.0. The number of nitrogens with one attached hydrogen (secondary N) is 2. The maximum Gasteiger partial charge on any atom is 0.261 e. The van der Waals surface area contributed by atoms with E-state index in [4.69, 9.17) is 0 Å². The maximum atomic E-state index is 12.5. The van der Waals surface area contributed by atoms with Crippen LogP contribution in [0.15, 0.2) is 47.4 Å². The zero-order valence-electron chi connectivity index (χ0n) is 11.9. The standard InChI is InChI=1S/C16H18N2O2S/c1-12-5-2-3-7-15(12)18-21(19,20)14-8-9-16-13(11-14)6-4-10-17-16/h2-3,5,7-9,11,17-18H,4,6,10H2,1H3. The summed E-state index contributed by atoms with van der Waals surface area (Å²) in [7, 11) is -3.55. The van der Waals surface area contributed by atoms with E-state index >= 15 is 0 Å². The molecule has 21 heavy (non-hydrogen) atoms. The minimum absolute atomic E-state index is 0.313. The molecule has 4 nitrogen and oxygen atoms in total. The first-order valence-electron chi connectivity index (χ1n) is 7.01. The first-order valence-corrected chi connectivity index (χ1v) is 8.50. The SMILES string of the molecule is Cc1ccccc1NS(=O)(=O)c1ccc2c(c1)CCCN2. The van der Waals surface area contributed by atoms with E-state index in [9.17, 15) is 8.42 Å². The number of hydrogen-bond donors (Lipinski definition) is 2. The highest BCUT2D eigenvalue weighted by atomic mass is 32.2. The van der Waals surface area contributed by atoms with Gasteiger partial charge in [-0.05, 0) is 55.2 Å². The van der Waals surface area contributed by atoms with Crippen molar-refractivity contribution >= 4 is 21.4 Å². The van der Waals surface area contributed by atoms with Gasteiger partial charge in [-0.25, -0.2) is 8.42 Å². The molecule has 0 aromatic heterocycles. The summed E-state index contributed by atoms with van der Waals surface area (Å²) in [6, 6.07) is 12.6. The number of rotatable bonds is 3. The van der Waals surface area contributed by atoms with Crippen molar-refractivity contribution in [1.82, 2.24) is 0 Å². The van der Waals surface area contributed by atoms with Gasteiger partial charge in [-0.1, -0.05) is 18.2 Å². The molecular weight excluding hydrogens is 284 g/mol. The lowest BCUT2D eigenvalue weighted by molar-refractivity contribution is 0.601. The molecule has 0 bridgehead atoms. The lowest BCUT2D eigenvalue weighted by Gasteiger charge is -2.19. The van der Waals surface area contributed by atoms with E-state index in [-0.39, 0.29) is 0 Å². The Balaban J connectivity index is 1.93. The fraction of sp³-hybridized carbons (Fsp3) is 0.250. The Labute approximate surface area is 125 Å². The van der Waals surface area contributed by atoms with Gasteiger partial charge < -0.3 is 5.32 Å². The second-order valence-corrected chi connectivity index (χ2v) is 6.95. The van der Waals surface area contributed by atoms with Crippen molar-refractivity contribution in [3.05, 3.63) is 53.6 Å². The van der Waals surface area contributed by atoms with Crippen LogP contribution in [0.3, 0.4) is 0 Å². The van der Waals surface area contributed by atoms with Crippen molar-refractivity contribution in [2.75, 3.05) is 16.6 Å². The number of fused-ring (bicyclic) bond motifs is 1. The van der Waals surface area contributed by atoms with Gasteiger partial charge in [0.05, 0.1) is 10.6 Å². The third kappa shape index (κ3) is 2.88. The largest absolute Gasteiger partial charge is 0.385 e. The number of sulfonamides is 1. The minimum atomic E-state index is -3.55. The van der Waals surface area contributed by atoms with Crippen LogP contribution in [-0.2, 0) is 16.4 Å². The molecule has 5 heteroatoms. The predicted octanol–water partition coefficient (Wildman–Crippen LogP) is 3.15. The molecule has 0 aliphatic carbocycles. The Morgan fingerprint density at radius 2 is 1.95 bits per heavy atom. The predicted molar refractivity (Wildman–Crippen MR) is 85.2 cm³/mol. The van der Waals surface area contributed by atoms with Crippen LogP contribution in [0.1, 0.15) is 17.5 Å². The van der Waals surface area contributed by atoms with E-state index in [1.165, 1.54) is 0 Å². The van der Waals surface area contributed by atoms with E-state index in [0.29, 0.717) is 10.6 Å². The Morgan fingerprint density at radius 1 is 1.14 bits per heavy atom. The van der Waals surface area contributed by atoms with Gasteiger partial charge in [0.15, 0.2) is 0 Å². The average molecular weight is 302 g/mol. The van der Waals surface area contributed by atoms with Gasteiger partial charge in [-0.3, -0.25) is 4.72 Å². The van der Waals surface area contributed by atoms with E-state index < -0.39 is 10.0 Å². The van der Waals surface area contributed by atoms with E-state index in [0.717, 1.165) is 36.2 Å². The van der Waals surface area contributed by atoms with Crippen molar-refractivity contribution in [2.45, 2.75) is 24.7 Å². The summed E-state index contributed by atoms with van der Waals surface area (Å²) in [6.45, 7) is 2.83. The molecule has 0 saturated heterocycles. The molecule has 2 aromatic carbocycles. The second kappa shape index (κ2) is 5.41. The molecule has 0 amide bonds. The molecule has 0 fully saturated rings. The molecule has 0 saturated carbocycles. The third-order valence-electron chi connectivity index (χ3n) is 3.71. The second-order valence-electron chi connectivity index (χ2n) is 5.27.